The van der Waals surface area contributed by atoms with E-state index in [1.54, 1.807) is 6.20 Å². The zero-order valence-corrected chi connectivity index (χ0v) is 10.1. The van der Waals surface area contributed by atoms with Crippen molar-refractivity contribution in [1.82, 2.24) is 20.2 Å². The van der Waals surface area contributed by atoms with Crippen LogP contribution in [0.25, 0.3) is 11.0 Å². The Morgan fingerprint density at radius 3 is 3.12 bits per heavy atom. The summed E-state index contributed by atoms with van der Waals surface area (Å²) in [7, 11) is 0. The number of H-pyrrole nitrogens is 1. The quantitative estimate of drug-likeness (QED) is 0.644. The Morgan fingerprint density at radius 1 is 1.59 bits per heavy atom. The number of anilines is 1. The van der Waals surface area contributed by atoms with Gasteiger partial charge in [-0.3, -0.25) is 5.10 Å². The van der Waals surface area contributed by atoms with Crippen molar-refractivity contribution in [3.63, 3.8) is 0 Å². The van der Waals surface area contributed by atoms with Crippen LogP contribution in [0.5, 0.6) is 0 Å². The molecule has 17 heavy (non-hydrogen) atoms. The lowest BCUT2D eigenvalue weighted by Crippen LogP contribution is -2.18. The molecule has 0 aromatic carbocycles. The molecule has 2 aromatic heterocycles. The van der Waals surface area contributed by atoms with E-state index in [1.165, 1.54) is 0 Å². The van der Waals surface area contributed by atoms with Gasteiger partial charge >= 0.3 is 0 Å². The van der Waals surface area contributed by atoms with Gasteiger partial charge < -0.3 is 5.32 Å². The van der Waals surface area contributed by atoms with Crippen LogP contribution in [-0.2, 0) is 0 Å². The smallest absolute Gasteiger partial charge is 0.226 e. The van der Waals surface area contributed by atoms with Crippen LogP contribution in [0.2, 0.25) is 5.28 Å². The second-order valence-electron chi connectivity index (χ2n) is 3.63. The molecule has 1 unspecified atom stereocenters. The number of hydrogen-bond acceptors (Lipinski definition) is 4. The van der Waals surface area contributed by atoms with E-state index in [9.17, 15) is 0 Å². The van der Waals surface area contributed by atoms with Crippen molar-refractivity contribution < 1.29 is 0 Å². The average Bonchev–Trinajstić information content (AvgIpc) is 2.76. The summed E-state index contributed by atoms with van der Waals surface area (Å²) in [6, 6.07) is 0.170. The first-order valence-electron chi connectivity index (χ1n) is 5.31. The van der Waals surface area contributed by atoms with Crippen LogP contribution in [0, 0.1) is 12.3 Å². The molecule has 2 aromatic rings. The minimum atomic E-state index is 0.170. The number of terminal acetylenes is 1. The van der Waals surface area contributed by atoms with Gasteiger partial charge in [0.15, 0.2) is 5.65 Å². The normalized spacial score (nSPS) is 12.3. The third-order valence-corrected chi connectivity index (χ3v) is 2.65. The molecule has 0 aliphatic rings. The molecule has 0 fully saturated rings. The Kier molecular flexibility index (Phi) is 3.45. The number of halogens is 1. The Bertz CT molecular complexity index is 556. The highest BCUT2D eigenvalue weighted by molar-refractivity contribution is 6.28. The predicted octanol–water partition coefficient (Wildman–Crippen LogP) is 2.22. The molecule has 0 radical (unpaired) electrons. The number of hydrogen-bond donors (Lipinski definition) is 2. The maximum atomic E-state index is 5.83. The Balaban J connectivity index is 2.34. The lowest BCUT2D eigenvalue weighted by atomic mass is 10.1. The highest BCUT2D eigenvalue weighted by Crippen LogP contribution is 2.21. The number of fused-ring (bicyclic) bond motifs is 1. The standard InChI is InChI=1S/C11H12ClN5/c1-3-5-7(4-2)14-9-8-6-13-17-10(8)16-11(12)15-9/h1,6-7H,4-5H2,2H3,(H2,13,14,15,16,17). The van der Waals surface area contributed by atoms with Crippen molar-refractivity contribution in [2.75, 3.05) is 5.32 Å². The highest BCUT2D eigenvalue weighted by atomic mass is 35.5. The Hall–Kier alpha value is -1.80. The molecule has 0 saturated carbocycles. The number of aromatic nitrogens is 4. The molecule has 0 aliphatic carbocycles. The van der Waals surface area contributed by atoms with Crippen LogP contribution in [0.3, 0.4) is 0 Å². The summed E-state index contributed by atoms with van der Waals surface area (Å²) in [5.41, 5.74) is 0.614. The van der Waals surface area contributed by atoms with E-state index in [0.29, 0.717) is 17.9 Å². The van der Waals surface area contributed by atoms with Crippen molar-refractivity contribution in [2.24, 2.45) is 0 Å². The predicted molar refractivity (Wildman–Crippen MR) is 67.8 cm³/mol. The fraction of sp³-hybridized carbons (Fsp3) is 0.364. The maximum absolute atomic E-state index is 5.83. The molecule has 0 saturated heterocycles. The van der Waals surface area contributed by atoms with Crippen molar-refractivity contribution in [3.8, 4) is 12.3 Å². The van der Waals surface area contributed by atoms with Gasteiger partial charge in [0.2, 0.25) is 5.28 Å². The van der Waals surface area contributed by atoms with Crippen LogP contribution in [0.4, 0.5) is 5.82 Å². The van der Waals surface area contributed by atoms with Gasteiger partial charge in [-0.1, -0.05) is 6.92 Å². The van der Waals surface area contributed by atoms with Gasteiger partial charge in [0.1, 0.15) is 5.82 Å². The Morgan fingerprint density at radius 2 is 2.41 bits per heavy atom. The van der Waals surface area contributed by atoms with Crippen LogP contribution >= 0.6 is 11.6 Å². The molecular weight excluding hydrogens is 238 g/mol. The molecule has 5 nitrogen and oxygen atoms in total. The zero-order chi connectivity index (χ0) is 12.3. The largest absolute Gasteiger partial charge is 0.366 e. The van der Waals surface area contributed by atoms with E-state index in [0.717, 1.165) is 11.8 Å². The van der Waals surface area contributed by atoms with Gasteiger partial charge in [-0.15, -0.1) is 12.3 Å². The first-order chi connectivity index (χ1) is 8.24. The first-order valence-corrected chi connectivity index (χ1v) is 5.69. The molecule has 6 heteroatoms. The fourth-order valence-corrected chi connectivity index (χ4v) is 1.72. The average molecular weight is 250 g/mol. The van der Waals surface area contributed by atoms with Crippen LogP contribution in [0.15, 0.2) is 6.20 Å². The second kappa shape index (κ2) is 5.02. The molecule has 2 rings (SSSR count). The monoisotopic (exact) mass is 249 g/mol. The summed E-state index contributed by atoms with van der Waals surface area (Å²) in [4.78, 5) is 8.19. The summed E-state index contributed by atoms with van der Waals surface area (Å²) in [6.07, 6.45) is 8.52. The summed E-state index contributed by atoms with van der Waals surface area (Å²) in [5, 5.41) is 10.9. The van der Waals surface area contributed by atoms with Crippen molar-refractivity contribution in [3.05, 3.63) is 11.5 Å². The molecule has 2 N–H and O–H groups in total. The number of rotatable bonds is 4. The molecule has 0 bridgehead atoms. The Labute approximate surface area is 104 Å². The molecular formula is C11H12ClN5. The number of nitrogens with one attached hydrogen (secondary N) is 2. The fourth-order valence-electron chi connectivity index (χ4n) is 1.55. The minimum Gasteiger partial charge on any atom is -0.366 e. The maximum Gasteiger partial charge on any atom is 0.226 e. The van der Waals surface area contributed by atoms with E-state index >= 15 is 0 Å². The van der Waals surface area contributed by atoms with Crippen molar-refractivity contribution in [2.45, 2.75) is 25.8 Å². The van der Waals surface area contributed by atoms with Crippen LogP contribution in [0.1, 0.15) is 19.8 Å². The molecule has 1 atom stereocenters. The van der Waals surface area contributed by atoms with Gasteiger partial charge in [-0.25, -0.2) is 0 Å². The van der Waals surface area contributed by atoms with E-state index in [1.807, 2.05) is 0 Å². The van der Waals surface area contributed by atoms with E-state index < -0.39 is 0 Å². The number of aromatic amines is 1. The van der Waals surface area contributed by atoms with Gasteiger partial charge in [-0.05, 0) is 18.0 Å². The van der Waals surface area contributed by atoms with Crippen molar-refractivity contribution in [1.29, 1.82) is 0 Å². The number of nitrogens with zero attached hydrogens (tertiary/aromatic N) is 3. The van der Waals surface area contributed by atoms with E-state index in [4.69, 9.17) is 18.0 Å². The van der Waals surface area contributed by atoms with Gasteiger partial charge in [0.25, 0.3) is 0 Å². The van der Waals surface area contributed by atoms with Crippen LogP contribution < -0.4 is 5.32 Å². The van der Waals surface area contributed by atoms with Crippen molar-refractivity contribution >= 4 is 28.5 Å². The van der Waals surface area contributed by atoms with E-state index in [-0.39, 0.29) is 11.3 Å². The molecule has 0 aliphatic heterocycles. The third-order valence-electron chi connectivity index (χ3n) is 2.48. The highest BCUT2D eigenvalue weighted by Gasteiger charge is 2.11. The molecule has 0 spiro atoms. The molecule has 88 valence electrons. The zero-order valence-electron chi connectivity index (χ0n) is 9.37. The lowest BCUT2D eigenvalue weighted by Gasteiger charge is -2.15. The lowest BCUT2D eigenvalue weighted by molar-refractivity contribution is 0.712. The van der Waals surface area contributed by atoms with Gasteiger partial charge in [0.05, 0.1) is 11.6 Å². The summed E-state index contributed by atoms with van der Waals surface area (Å²) >= 11 is 5.83. The van der Waals surface area contributed by atoms with Gasteiger partial charge in [0, 0.05) is 12.5 Å². The first kappa shape index (κ1) is 11.7. The third kappa shape index (κ3) is 2.48. The molecule has 2 heterocycles. The SMILES string of the molecule is C#CCC(CC)Nc1nc(Cl)nc2[nH]ncc12. The topological polar surface area (TPSA) is 66.5 Å². The summed E-state index contributed by atoms with van der Waals surface area (Å²) in [6.45, 7) is 2.06. The second-order valence-corrected chi connectivity index (χ2v) is 3.97. The van der Waals surface area contributed by atoms with Gasteiger partial charge in [-0.2, -0.15) is 15.1 Å². The summed E-state index contributed by atoms with van der Waals surface area (Å²) < 4.78 is 0. The minimum absolute atomic E-state index is 0.170. The summed E-state index contributed by atoms with van der Waals surface area (Å²) in [5.74, 6) is 3.30. The molecule has 0 amide bonds. The van der Waals surface area contributed by atoms with Crippen LogP contribution in [-0.4, -0.2) is 26.2 Å². The van der Waals surface area contributed by atoms with E-state index in [2.05, 4.69) is 38.3 Å².